The molecule has 10 atom stereocenters. The van der Waals surface area contributed by atoms with Crippen LogP contribution in [0.1, 0.15) is 190 Å². The fourth-order valence-electron chi connectivity index (χ4n) is 10.0. The number of aliphatic hydroxyl groups is 8. The molecular formula is C66H108N6O18. The number of aliphatic hydroxyl groups excluding tert-OH is 8. The van der Waals surface area contributed by atoms with E-state index >= 15 is 0 Å². The van der Waals surface area contributed by atoms with Crippen LogP contribution in [0.4, 0.5) is 0 Å². The highest BCUT2D eigenvalue weighted by Gasteiger charge is 2.46. The van der Waals surface area contributed by atoms with Crippen LogP contribution in [0.3, 0.4) is 0 Å². The van der Waals surface area contributed by atoms with Gasteiger partial charge in [-0.3, -0.25) is 19.8 Å². The van der Waals surface area contributed by atoms with Gasteiger partial charge in [-0.1, -0.05) is 107 Å². The van der Waals surface area contributed by atoms with Crippen LogP contribution in [0.25, 0.3) is 0 Å². The molecule has 0 aliphatic carbocycles. The summed E-state index contributed by atoms with van der Waals surface area (Å²) in [4.78, 5) is 20.3. The van der Waals surface area contributed by atoms with Gasteiger partial charge in [0, 0.05) is 48.2 Å². The van der Waals surface area contributed by atoms with Crippen molar-refractivity contribution < 1.29 is 89.1 Å². The van der Waals surface area contributed by atoms with Crippen molar-refractivity contribution in [2.45, 2.75) is 233 Å². The van der Waals surface area contributed by atoms with Crippen LogP contribution in [-0.4, -0.2) is 197 Å². The standard InChI is InChI=1S/2C28H45N3O7.C10H18O4/c2*1-16(2)22-20(26(31-30-22)38-27-25(35)24(34)23(33)21(14-32)37-27)13-18-8-9-19(12-17(18)3)36-11-7-10-29-15-28(4,5)6;11-9(12)7-5-3-1-2-4-6-8-10(13)14/h2*8-9,12,16,21,23-25,27,29,32-35H,7,10-11,13-15H2,1-6H3,(H,30,31);1-8H2,(H,11,12)(H,13,14)/t2*21-,23-,24+,25-,27+;/m11./s1. The molecule has 0 spiro atoms. The third kappa shape index (κ3) is 25.9. The van der Waals surface area contributed by atoms with Gasteiger partial charge in [-0.05, 0) is 135 Å². The maximum Gasteiger partial charge on any atom is 0.303 e. The van der Waals surface area contributed by atoms with Crippen molar-refractivity contribution in [1.82, 2.24) is 31.0 Å². The number of aromatic amines is 2. The molecule has 0 unspecified atom stereocenters. The highest BCUT2D eigenvalue weighted by Crippen LogP contribution is 2.35. The number of benzene rings is 2. The van der Waals surface area contributed by atoms with Gasteiger partial charge in [0.05, 0.1) is 26.4 Å². The molecule has 6 rings (SSSR count). The van der Waals surface area contributed by atoms with Gasteiger partial charge >= 0.3 is 11.9 Å². The molecule has 510 valence electrons. The van der Waals surface area contributed by atoms with Crippen molar-refractivity contribution in [3.05, 3.63) is 81.2 Å². The number of aromatic nitrogens is 4. The summed E-state index contributed by atoms with van der Waals surface area (Å²) in [5.74, 6) is 0.874. The third-order valence-electron chi connectivity index (χ3n) is 15.3. The summed E-state index contributed by atoms with van der Waals surface area (Å²) in [5.41, 5.74) is 8.13. The largest absolute Gasteiger partial charge is 0.494 e. The van der Waals surface area contributed by atoms with Crippen LogP contribution in [0, 0.1) is 24.7 Å². The van der Waals surface area contributed by atoms with E-state index in [4.69, 9.17) is 38.6 Å². The Hall–Kier alpha value is -5.48. The lowest BCUT2D eigenvalue weighted by molar-refractivity contribution is -0.278. The molecule has 0 amide bonds. The monoisotopic (exact) mass is 1270 g/mol. The normalized spacial score (nSPS) is 21.9. The van der Waals surface area contributed by atoms with E-state index in [2.05, 4.69) is 72.6 Å². The fraction of sp³-hybridized carbons (Fsp3) is 0.697. The number of H-pyrrole nitrogens is 2. The second-order valence-corrected chi connectivity index (χ2v) is 26.6. The first-order valence-electron chi connectivity index (χ1n) is 31.8. The molecule has 0 saturated carbocycles. The number of nitrogens with zero attached hydrogens (tertiary/aromatic N) is 2. The van der Waals surface area contributed by atoms with Crippen molar-refractivity contribution >= 4 is 11.9 Å². The molecule has 0 radical (unpaired) electrons. The van der Waals surface area contributed by atoms with Crippen LogP contribution in [0.5, 0.6) is 23.3 Å². The maximum atomic E-state index is 10.4. The number of carboxylic acids is 2. The molecule has 24 heteroatoms. The topological polar surface area (TPSA) is 373 Å². The average Bonchev–Trinajstić information content (AvgIpc) is 1.58. The number of unbranched alkanes of at least 4 members (excludes halogenated alkanes) is 5. The Morgan fingerprint density at radius 2 is 0.900 bits per heavy atom. The lowest BCUT2D eigenvalue weighted by Gasteiger charge is -2.39. The quantitative estimate of drug-likeness (QED) is 0.0232. The first-order chi connectivity index (χ1) is 42.4. The van der Waals surface area contributed by atoms with Crippen molar-refractivity contribution in [3.63, 3.8) is 0 Å². The SMILES string of the molecule is Cc1cc(OCCCNCC(C)(C)C)ccc1Cc1c(O[C@@H]2O[C@H](CO)[C@@H](O)[C@H](O)[C@H]2O)n[nH]c1C(C)C.Cc1cc(OCCCNCC(C)(C)C)ccc1Cc1c(O[C@@H]2O[C@H](CO)[C@@H](O)[C@H](O)[C@H]2O)n[nH]c1C(C)C.O=C(O)CCCCCCCCC(=O)O. The number of hydrogen-bond acceptors (Lipinski definition) is 20. The van der Waals surface area contributed by atoms with Crippen molar-refractivity contribution in [3.8, 4) is 23.3 Å². The van der Waals surface area contributed by atoms with Gasteiger partial charge in [-0.25, -0.2) is 0 Å². The maximum absolute atomic E-state index is 10.4. The van der Waals surface area contributed by atoms with E-state index in [1.807, 2.05) is 77.9 Å². The lowest BCUT2D eigenvalue weighted by Crippen LogP contribution is -2.60. The zero-order valence-electron chi connectivity index (χ0n) is 55.2. The number of nitrogens with one attached hydrogen (secondary N) is 4. The highest BCUT2D eigenvalue weighted by atomic mass is 16.7. The Kier molecular flexibility index (Phi) is 32.4. The number of aryl methyl sites for hydroxylation is 2. The predicted octanol–water partition coefficient (Wildman–Crippen LogP) is 6.31. The summed E-state index contributed by atoms with van der Waals surface area (Å²) in [5, 5.41) is 118. The van der Waals surface area contributed by atoms with Crippen LogP contribution >= 0.6 is 0 Å². The molecule has 2 aromatic heterocycles. The first kappa shape index (κ1) is 77.0. The first-order valence-corrected chi connectivity index (χ1v) is 31.8. The molecule has 2 aromatic carbocycles. The Balaban J connectivity index is 0.000000318. The van der Waals surface area contributed by atoms with E-state index in [0.29, 0.717) is 26.1 Å². The lowest BCUT2D eigenvalue weighted by atomic mass is 9.96. The molecule has 2 aliphatic heterocycles. The minimum absolute atomic E-state index is 0.124. The summed E-state index contributed by atoms with van der Waals surface area (Å²) in [7, 11) is 0. The van der Waals surface area contributed by atoms with Gasteiger partial charge in [0.2, 0.25) is 24.3 Å². The van der Waals surface area contributed by atoms with E-state index in [1.165, 1.54) is 0 Å². The zero-order valence-corrected chi connectivity index (χ0v) is 55.2. The number of aliphatic carboxylic acids is 2. The van der Waals surface area contributed by atoms with E-state index in [0.717, 1.165) is 134 Å². The second-order valence-electron chi connectivity index (χ2n) is 26.6. The zero-order chi connectivity index (χ0) is 66.9. The van der Waals surface area contributed by atoms with Crippen LogP contribution < -0.4 is 29.6 Å². The highest BCUT2D eigenvalue weighted by molar-refractivity contribution is 5.66. The van der Waals surface area contributed by atoms with E-state index in [-0.39, 0.29) is 47.3 Å². The molecule has 24 nitrogen and oxygen atoms in total. The molecule has 0 bridgehead atoms. The molecule has 2 aliphatic rings. The van der Waals surface area contributed by atoms with Gasteiger partial charge in [0.15, 0.2) is 0 Å². The fourth-order valence-corrected chi connectivity index (χ4v) is 10.0. The van der Waals surface area contributed by atoms with E-state index in [1.54, 1.807) is 0 Å². The van der Waals surface area contributed by atoms with Crippen molar-refractivity contribution in [1.29, 1.82) is 0 Å². The molecule has 2 fully saturated rings. The Morgan fingerprint density at radius 1 is 0.544 bits per heavy atom. The minimum atomic E-state index is -1.53. The van der Waals surface area contributed by atoms with Crippen LogP contribution in [0.2, 0.25) is 0 Å². The Labute approximate surface area is 531 Å². The van der Waals surface area contributed by atoms with Crippen molar-refractivity contribution in [2.24, 2.45) is 10.8 Å². The van der Waals surface area contributed by atoms with Gasteiger partial charge < -0.3 is 90.1 Å². The van der Waals surface area contributed by atoms with Crippen molar-refractivity contribution in [2.75, 3.05) is 52.6 Å². The number of rotatable bonds is 33. The smallest absolute Gasteiger partial charge is 0.303 e. The van der Waals surface area contributed by atoms with Crippen LogP contribution in [0.15, 0.2) is 36.4 Å². The number of carboxylic acid groups (broad SMARTS) is 2. The van der Waals surface area contributed by atoms with E-state index < -0.39 is 86.6 Å². The van der Waals surface area contributed by atoms with Crippen LogP contribution in [-0.2, 0) is 31.9 Å². The van der Waals surface area contributed by atoms with Gasteiger partial charge in [-0.2, -0.15) is 0 Å². The molecular weight excluding hydrogens is 1160 g/mol. The number of carbonyl (C=O) groups is 2. The average molecular weight is 1270 g/mol. The predicted molar refractivity (Wildman–Crippen MR) is 339 cm³/mol. The Morgan fingerprint density at radius 3 is 1.21 bits per heavy atom. The molecule has 2 saturated heterocycles. The molecule has 4 heterocycles. The molecule has 4 aromatic rings. The van der Waals surface area contributed by atoms with E-state index in [9.17, 15) is 50.4 Å². The number of hydrogen-bond donors (Lipinski definition) is 14. The Bertz CT molecular complexity index is 2540. The van der Waals surface area contributed by atoms with Gasteiger partial charge in [0.1, 0.15) is 60.3 Å². The summed E-state index contributed by atoms with van der Waals surface area (Å²) in [6, 6.07) is 12.0. The molecule has 90 heavy (non-hydrogen) atoms. The van der Waals surface area contributed by atoms with Gasteiger partial charge in [-0.15, -0.1) is 10.2 Å². The molecule has 14 N–H and O–H groups in total. The second kappa shape index (κ2) is 37.9. The summed E-state index contributed by atoms with van der Waals surface area (Å²) in [6.45, 7) is 29.4. The minimum Gasteiger partial charge on any atom is -0.494 e. The van der Waals surface area contributed by atoms with Gasteiger partial charge in [0.25, 0.3) is 0 Å². The summed E-state index contributed by atoms with van der Waals surface area (Å²) >= 11 is 0. The summed E-state index contributed by atoms with van der Waals surface area (Å²) < 4.78 is 34.7. The third-order valence-corrected chi connectivity index (χ3v) is 15.3. The summed E-state index contributed by atoms with van der Waals surface area (Å²) in [6.07, 6.45) is -5.03. The number of ether oxygens (including phenoxy) is 6.